The Balaban J connectivity index is 3.42. The highest BCUT2D eigenvalue weighted by atomic mass is 16.4. The van der Waals surface area contributed by atoms with Crippen molar-refractivity contribution in [1.29, 1.82) is 0 Å². The zero-order valence-electron chi connectivity index (χ0n) is 6.87. The highest BCUT2D eigenvalue weighted by Gasteiger charge is 2.15. The predicted molar refractivity (Wildman–Crippen MR) is 42.9 cm³/mol. The largest absolute Gasteiger partial charge is 0.501 e. The van der Waals surface area contributed by atoms with Crippen molar-refractivity contribution < 1.29 is 15.0 Å². The Morgan fingerprint density at radius 3 is 2.69 bits per heavy atom. The summed E-state index contributed by atoms with van der Waals surface area (Å²) in [6.45, 7) is 1.71. The summed E-state index contributed by atoms with van der Waals surface area (Å²) in [6.07, 6.45) is 0.399. The van der Waals surface area contributed by atoms with E-state index in [-0.39, 0.29) is 5.82 Å². The molecule has 13 heavy (non-hydrogen) atoms. The van der Waals surface area contributed by atoms with Crippen LogP contribution in [-0.4, -0.2) is 26.2 Å². The van der Waals surface area contributed by atoms with E-state index in [1.807, 2.05) is 0 Å². The molecule has 1 aromatic heterocycles. The van der Waals surface area contributed by atoms with E-state index in [1.54, 1.807) is 6.92 Å². The van der Waals surface area contributed by atoms with Crippen LogP contribution in [0.5, 0.6) is 5.75 Å². The summed E-state index contributed by atoms with van der Waals surface area (Å²) < 4.78 is 0. The fraction of sp³-hybridized carbons (Fsp3) is 0.286. The number of aromatic carboxylic acids is 1. The molecule has 0 aliphatic heterocycles. The normalized spacial score (nSPS) is 9.92. The van der Waals surface area contributed by atoms with Crippen molar-refractivity contribution in [1.82, 2.24) is 9.97 Å². The minimum Gasteiger partial charge on any atom is -0.501 e. The first kappa shape index (κ1) is 9.24. The second kappa shape index (κ2) is 3.26. The van der Waals surface area contributed by atoms with Gasteiger partial charge in [0.05, 0.1) is 0 Å². The summed E-state index contributed by atoms with van der Waals surface area (Å²) in [5, 5.41) is 17.5. The molecular formula is C7H8N2O4. The highest BCUT2D eigenvalue weighted by molar-refractivity contribution is 5.88. The number of aromatic amines is 1. The van der Waals surface area contributed by atoms with Crippen LogP contribution < -0.4 is 5.56 Å². The molecule has 6 heteroatoms. The van der Waals surface area contributed by atoms with Gasteiger partial charge in [0.25, 0.3) is 5.56 Å². The minimum absolute atomic E-state index is 0.236. The first-order valence-electron chi connectivity index (χ1n) is 3.61. The molecule has 0 fully saturated rings. The van der Waals surface area contributed by atoms with E-state index in [4.69, 9.17) is 10.2 Å². The summed E-state index contributed by atoms with van der Waals surface area (Å²) in [6, 6.07) is 0. The maximum absolute atomic E-state index is 10.9. The van der Waals surface area contributed by atoms with Crippen molar-refractivity contribution >= 4 is 5.97 Å². The van der Waals surface area contributed by atoms with Crippen LogP contribution in [0.15, 0.2) is 4.79 Å². The average Bonchev–Trinajstić information content (AvgIpc) is 2.09. The van der Waals surface area contributed by atoms with Crippen molar-refractivity contribution in [3.8, 4) is 5.75 Å². The Labute approximate surface area is 72.9 Å². The van der Waals surface area contributed by atoms with Crippen molar-refractivity contribution in [3.63, 3.8) is 0 Å². The van der Waals surface area contributed by atoms with Gasteiger partial charge in [-0.15, -0.1) is 0 Å². The molecule has 3 N–H and O–H groups in total. The molecule has 0 amide bonds. The summed E-state index contributed by atoms with van der Waals surface area (Å²) >= 11 is 0. The molecule has 0 unspecified atom stereocenters. The van der Waals surface area contributed by atoms with Gasteiger partial charge in [0.1, 0.15) is 5.82 Å². The molecule has 0 atom stereocenters. The van der Waals surface area contributed by atoms with Gasteiger partial charge in [0.2, 0.25) is 5.75 Å². The molecule has 0 aromatic carbocycles. The fourth-order valence-electron chi connectivity index (χ4n) is 0.830. The van der Waals surface area contributed by atoms with Gasteiger partial charge in [-0.2, -0.15) is 0 Å². The van der Waals surface area contributed by atoms with Crippen LogP contribution >= 0.6 is 0 Å². The Hall–Kier alpha value is -1.85. The maximum Gasteiger partial charge on any atom is 0.358 e. The van der Waals surface area contributed by atoms with Gasteiger partial charge in [-0.1, -0.05) is 6.92 Å². The van der Waals surface area contributed by atoms with Gasteiger partial charge in [0.15, 0.2) is 5.69 Å². The van der Waals surface area contributed by atoms with Crippen molar-refractivity contribution in [2.75, 3.05) is 0 Å². The monoisotopic (exact) mass is 184 g/mol. The Morgan fingerprint density at radius 1 is 1.62 bits per heavy atom. The molecule has 6 nitrogen and oxygen atoms in total. The van der Waals surface area contributed by atoms with E-state index >= 15 is 0 Å². The second-order valence-electron chi connectivity index (χ2n) is 2.37. The molecule has 1 rings (SSSR count). The highest BCUT2D eigenvalue weighted by Crippen LogP contribution is 2.07. The second-order valence-corrected chi connectivity index (χ2v) is 2.37. The third-order valence-corrected chi connectivity index (χ3v) is 1.48. The summed E-state index contributed by atoms with van der Waals surface area (Å²) in [5.41, 5.74) is -1.44. The van der Waals surface area contributed by atoms with E-state index in [9.17, 15) is 9.59 Å². The first-order chi connectivity index (χ1) is 6.06. The van der Waals surface area contributed by atoms with Crippen LogP contribution in [0.25, 0.3) is 0 Å². The molecule has 0 saturated heterocycles. The van der Waals surface area contributed by atoms with Gasteiger partial charge < -0.3 is 15.2 Å². The number of carbonyl (C=O) groups is 1. The van der Waals surface area contributed by atoms with Crippen LogP contribution in [0, 0.1) is 0 Å². The number of aromatic hydroxyl groups is 1. The van der Waals surface area contributed by atoms with Crippen LogP contribution in [0.2, 0.25) is 0 Å². The van der Waals surface area contributed by atoms with Gasteiger partial charge >= 0.3 is 5.97 Å². The number of nitrogens with one attached hydrogen (secondary N) is 1. The number of H-pyrrole nitrogens is 1. The van der Waals surface area contributed by atoms with E-state index in [1.165, 1.54) is 0 Å². The standard InChI is InChI=1S/C7H8N2O4/c1-2-3-8-4(7(12)13)5(10)6(11)9-3/h10H,2H2,1H3,(H,12,13)(H,8,9,11). The van der Waals surface area contributed by atoms with Crippen molar-refractivity contribution in [3.05, 3.63) is 21.9 Å². The number of carboxylic acids is 1. The van der Waals surface area contributed by atoms with E-state index in [0.29, 0.717) is 6.42 Å². The van der Waals surface area contributed by atoms with Crippen molar-refractivity contribution in [2.45, 2.75) is 13.3 Å². The number of hydrogen-bond donors (Lipinski definition) is 3. The molecule has 0 bridgehead atoms. The topological polar surface area (TPSA) is 103 Å². The molecular weight excluding hydrogens is 176 g/mol. The van der Waals surface area contributed by atoms with Crippen molar-refractivity contribution in [2.24, 2.45) is 0 Å². The Kier molecular flexibility index (Phi) is 2.32. The summed E-state index contributed by atoms with van der Waals surface area (Å²) in [7, 11) is 0. The molecule has 0 aliphatic rings. The van der Waals surface area contributed by atoms with Crippen LogP contribution in [0.1, 0.15) is 23.2 Å². The number of aryl methyl sites for hydroxylation is 1. The smallest absolute Gasteiger partial charge is 0.358 e. The Morgan fingerprint density at radius 2 is 2.23 bits per heavy atom. The molecule has 0 aliphatic carbocycles. The molecule has 1 aromatic rings. The number of hydrogen-bond acceptors (Lipinski definition) is 4. The zero-order chi connectivity index (χ0) is 10.0. The third kappa shape index (κ3) is 1.66. The SMILES string of the molecule is CCc1nc(C(=O)O)c(O)c(=O)[nH]1. The van der Waals surface area contributed by atoms with E-state index < -0.39 is 23.0 Å². The van der Waals surface area contributed by atoms with Crippen LogP contribution in [0.4, 0.5) is 0 Å². The van der Waals surface area contributed by atoms with Gasteiger partial charge in [-0.25, -0.2) is 9.78 Å². The number of rotatable bonds is 2. The van der Waals surface area contributed by atoms with E-state index in [0.717, 1.165) is 0 Å². The number of carboxylic acid groups (broad SMARTS) is 1. The zero-order valence-corrected chi connectivity index (χ0v) is 6.87. The lowest BCUT2D eigenvalue weighted by atomic mass is 10.3. The van der Waals surface area contributed by atoms with Gasteiger partial charge in [-0.3, -0.25) is 4.79 Å². The number of aromatic nitrogens is 2. The molecule has 0 radical (unpaired) electrons. The first-order valence-corrected chi connectivity index (χ1v) is 3.61. The lowest BCUT2D eigenvalue weighted by molar-refractivity contribution is 0.0686. The Bertz CT molecular complexity index is 396. The maximum atomic E-state index is 10.9. The summed E-state index contributed by atoms with van der Waals surface area (Å²) in [5.74, 6) is -2.04. The summed E-state index contributed by atoms with van der Waals surface area (Å²) in [4.78, 5) is 27.2. The number of nitrogens with zero attached hydrogens (tertiary/aromatic N) is 1. The minimum atomic E-state index is -1.42. The molecule has 0 saturated carbocycles. The average molecular weight is 184 g/mol. The third-order valence-electron chi connectivity index (χ3n) is 1.48. The van der Waals surface area contributed by atoms with Crippen LogP contribution in [0.3, 0.4) is 0 Å². The van der Waals surface area contributed by atoms with Gasteiger partial charge in [-0.05, 0) is 0 Å². The molecule has 70 valence electrons. The van der Waals surface area contributed by atoms with Gasteiger partial charge in [0, 0.05) is 6.42 Å². The predicted octanol–water partition coefficient (Wildman–Crippen LogP) is -0.264. The quantitative estimate of drug-likeness (QED) is 0.587. The fourth-order valence-corrected chi connectivity index (χ4v) is 0.830. The molecule has 1 heterocycles. The lowest BCUT2D eigenvalue weighted by Gasteiger charge is -1.99. The molecule has 0 spiro atoms. The van der Waals surface area contributed by atoms with Crippen LogP contribution in [-0.2, 0) is 6.42 Å². The van der Waals surface area contributed by atoms with E-state index in [2.05, 4.69) is 9.97 Å². The lowest BCUT2D eigenvalue weighted by Crippen LogP contribution is -2.16.